The molecule has 0 fully saturated rings. The molecule has 7 heteroatoms. The van der Waals surface area contributed by atoms with Gasteiger partial charge in [0.1, 0.15) is 0 Å². The van der Waals surface area contributed by atoms with Gasteiger partial charge < -0.3 is 10.4 Å². The van der Waals surface area contributed by atoms with Gasteiger partial charge in [-0.05, 0) is 54.6 Å². The van der Waals surface area contributed by atoms with Crippen LogP contribution in [0.3, 0.4) is 0 Å². The van der Waals surface area contributed by atoms with Crippen LogP contribution in [0.2, 0.25) is 15.1 Å². The van der Waals surface area contributed by atoms with Gasteiger partial charge >= 0.3 is 0 Å². The molecule has 0 saturated heterocycles. The summed E-state index contributed by atoms with van der Waals surface area (Å²) in [5.41, 5.74) is 2.07. The largest absolute Gasteiger partial charge is 0.867 e. The Morgan fingerprint density at radius 1 is 1.00 bits per heavy atom. The van der Waals surface area contributed by atoms with E-state index in [1.165, 1.54) is 6.07 Å². The average Bonchev–Trinajstić information content (AvgIpc) is 2.66. The number of aromatic nitrogens is 1. The maximum atomic E-state index is 13.4. The van der Waals surface area contributed by atoms with Gasteiger partial charge in [0.15, 0.2) is 17.4 Å². The monoisotopic (exact) mass is 448 g/mol. The Morgan fingerprint density at radius 2 is 1.75 bits per heavy atom. The minimum atomic E-state index is -0.354. The summed E-state index contributed by atoms with van der Waals surface area (Å²) in [6, 6.07) is 15.7. The number of halogens is 3. The van der Waals surface area contributed by atoms with Crippen molar-refractivity contribution in [3.63, 3.8) is 0 Å². The molecule has 0 atom stereocenters. The van der Waals surface area contributed by atoms with E-state index < -0.39 is 0 Å². The van der Waals surface area contributed by atoms with Crippen LogP contribution < -0.4 is 15.0 Å². The standard InChI is InChI=1S/C21H15Cl3N2OS/c1-13-5-4-10-26(12-13)19(20(27)15-11-14(22)8-9-16(15)23)21(28)25-18-7-3-2-6-17(18)24/h2-12H,1H3,(H-,25,27,28). The van der Waals surface area contributed by atoms with E-state index in [4.69, 9.17) is 47.0 Å². The smallest absolute Gasteiger partial charge is 0.238 e. The molecule has 3 rings (SSSR count). The summed E-state index contributed by atoms with van der Waals surface area (Å²) in [5, 5.41) is 17.6. The number of thiocarbonyl (C=S) groups is 1. The molecule has 0 unspecified atom stereocenters. The van der Waals surface area contributed by atoms with E-state index in [0.29, 0.717) is 20.8 Å². The molecule has 3 aromatic rings. The van der Waals surface area contributed by atoms with Gasteiger partial charge in [-0.1, -0.05) is 59.2 Å². The number of nitrogens with zero attached hydrogens (tertiary/aromatic N) is 1. The molecule has 0 radical (unpaired) electrons. The number of nitrogens with one attached hydrogen (secondary N) is 1. The summed E-state index contributed by atoms with van der Waals surface area (Å²) < 4.78 is 1.67. The highest BCUT2D eigenvalue weighted by Crippen LogP contribution is 2.28. The summed E-state index contributed by atoms with van der Waals surface area (Å²) in [7, 11) is 0. The molecule has 0 aliphatic carbocycles. The number of hydrogen-bond acceptors (Lipinski definition) is 2. The lowest BCUT2D eigenvalue weighted by Gasteiger charge is -2.18. The fourth-order valence-electron chi connectivity index (χ4n) is 2.61. The van der Waals surface area contributed by atoms with Gasteiger partial charge in [-0.2, -0.15) is 4.57 Å². The van der Waals surface area contributed by atoms with Crippen LogP contribution in [0.4, 0.5) is 5.69 Å². The highest BCUT2D eigenvalue weighted by Gasteiger charge is 2.21. The van der Waals surface area contributed by atoms with E-state index in [1.807, 2.05) is 37.4 Å². The minimum Gasteiger partial charge on any atom is -0.867 e. The van der Waals surface area contributed by atoms with Crippen molar-refractivity contribution in [2.45, 2.75) is 6.92 Å². The Balaban J connectivity index is 2.16. The van der Waals surface area contributed by atoms with Gasteiger partial charge in [0.05, 0.1) is 10.7 Å². The molecule has 0 bridgehead atoms. The summed E-state index contributed by atoms with van der Waals surface area (Å²) in [6.07, 6.45) is 3.56. The second-order valence-electron chi connectivity index (χ2n) is 6.02. The van der Waals surface area contributed by atoms with Crippen molar-refractivity contribution < 1.29 is 9.67 Å². The van der Waals surface area contributed by atoms with Gasteiger partial charge in [-0.3, -0.25) is 0 Å². The highest BCUT2D eigenvalue weighted by atomic mass is 35.5. The van der Waals surface area contributed by atoms with Crippen molar-refractivity contribution in [2.24, 2.45) is 0 Å². The summed E-state index contributed by atoms with van der Waals surface area (Å²) >= 11 is 24.1. The number of rotatable bonds is 4. The SMILES string of the molecule is Cc1ccc[n+](/C(C(=S)Nc2ccccc2Cl)=C(/[O-])c2cc(Cl)ccc2Cl)c1. The van der Waals surface area contributed by atoms with Crippen molar-refractivity contribution in [3.05, 3.63) is 93.2 Å². The van der Waals surface area contributed by atoms with E-state index in [2.05, 4.69) is 5.32 Å². The zero-order valence-corrected chi connectivity index (χ0v) is 17.8. The molecule has 0 spiro atoms. The van der Waals surface area contributed by atoms with E-state index in [0.717, 1.165) is 5.56 Å². The summed E-state index contributed by atoms with van der Waals surface area (Å²) in [6.45, 7) is 1.93. The Kier molecular flexibility index (Phi) is 6.57. The number of para-hydroxylation sites is 1. The molecule has 2 aromatic carbocycles. The summed E-state index contributed by atoms with van der Waals surface area (Å²) in [5.74, 6) is -0.354. The first kappa shape index (κ1) is 20.6. The molecule has 142 valence electrons. The number of anilines is 1. The molecule has 0 saturated carbocycles. The van der Waals surface area contributed by atoms with Crippen LogP contribution in [-0.2, 0) is 0 Å². The Labute approximate surface area is 183 Å². The van der Waals surface area contributed by atoms with Gasteiger partial charge in [0, 0.05) is 21.7 Å². The van der Waals surface area contributed by atoms with E-state index >= 15 is 0 Å². The third kappa shape index (κ3) is 4.65. The van der Waals surface area contributed by atoms with Crippen LogP contribution >= 0.6 is 47.0 Å². The minimum absolute atomic E-state index is 0.213. The molecule has 0 aliphatic rings. The maximum absolute atomic E-state index is 13.4. The normalized spacial score (nSPS) is 11.7. The third-order valence-electron chi connectivity index (χ3n) is 3.93. The number of aryl methyl sites for hydroxylation is 1. The lowest BCUT2D eigenvalue weighted by atomic mass is 10.1. The van der Waals surface area contributed by atoms with E-state index in [1.54, 1.807) is 35.0 Å². The molecule has 0 aliphatic heterocycles. The Hall–Kier alpha value is -2.11. The third-order valence-corrected chi connectivity index (χ3v) is 5.12. The molecule has 1 aromatic heterocycles. The van der Waals surface area contributed by atoms with Crippen LogP contribution in [0.1, 0.15) is 11.1 Å². The first-order valence-electron chi connectivity index (χ1n) is 8.27. The molecular weight excluding hydrogens is 435 g/mol. The number of pyridine rings is 1. The first-order chi connectivity index (χ1) is 13.4. The van der Waals surface area contributed by atoms with Crippen LogP contribution in [0, 0.1) is 6.92 Å². The molecule has 0 amide bonds. The molecule has 28 heavy (non-hydrogen) atoms. The van der Waals surface area contributed by atoms with Crippen LogP contribution in [-0.4, -0.2) is 4.99 Å². The second-order valence-corrected chi connectivity index (χ2v) is 7.68. The average molecular weight is 450 g/mol. The Morgan fingerprint density at radius 3 is 2.46 bits per heavy atom. The number of hydrogen-bond donors (Lipinski definition) is 1. The van der Waals surface area contributed by atoms with Crippen LogP contribution in [0.15, 0.2) is 67.0 Å². The predicted octanol–water partition coefficient (Wildman–Crippen LogP) is 5.37. The quantitative estimate of drug-likeness (QED) is 0.252. The lowest BCUT2D eigenvalue weighted by molar-refractivity contribution is -0.578. The van der Waals surface area contributed by atoms with E-state index in [-0.39, 0.29) is 22.0 Å². The lowest BCUT2D eigenvalue weighted by Crippen LogP contribution is -2.40. The van der Waals surface area contributed by atoms with Crippen molar-refractivity contribution >= 4 is 69.2 Å². The topological polar surface area (TPSA) is 39.0 Å². The van der Waals surface area contributed by atoms with Crippen molar-refractivity contribution in [1.29, 1.82) is 0 Å². The highest BCUT2D eigenvalue weighted by molar-refractivity contribution is 7.81. The van der Waals surface area contributed by atoms with Crippen molar-refractivity contribution in [2.75, 3.05) is 5.32 Å². The van der Waals surface area contributed by atoms with Crippen LogP contribution in [0.5, 0.6) is 0 Å². The fraction of sp³-hybridized carbons (Fsp3) is 0.0476. The van der Waals surface area contributed by atoms with E-state index in [9.17, 15) is 5.11 Å². The van der Waals surface area contributed by atoms with Crippen molar-refractivity contribution in [3.8, 4) is 0 Å². The van der Waals surface area contributed by atoms with Gasteiger partial charge in [0.2, 0.25) is 5.70 Å². The summed E-state index contributed by atoms with van der Waals surface area (Å²) in [4.78, 5) is 0.213. The fourth-order valence-corrected chi connectivity index (χ4v) is 3.48. The molecule has 3 nitrogen and oxygen atoms in total. The van der Waals surface area contributed by atoms with Gasteiger partial charge in [0.25, 0.3) is 0 Å². The van der Waals surface area contributed by atoms with Gasteiger partial charge in [-0.15, -0.1) is 0 Å². The first-order valence-corrected chi connectivity index (χ1v) is 9.82. The van der Waals surface area contributed by atoms with Gasteiger partial charge in [-0.25, -0.2) is 0 Å². The number of benzene rings is 2. The second kappa shape index (κ2) is 8.93. The van der Waals surface area contributed by atoms with Crippen molar-refractivity contribution in [1.82, 2.24) is 0 Å². The van der Waals surface area contributed by atoms with Crippen LogP contribution in [0.25, 0.3) is 11.5 Å². The maximum Gasteiger partial charge on any atom is 0.238 e. The predicted molar refractivity (Wildman–Crippen MR) is 119 cm³/mol. The Bertz CT molecular complexity index is 1080. The molecular formula is C21H15Cl3N2OS. The molecule has 1 N–H and O–H groups in total. The zero-order chi connectivity index (χ0) is 20.3. The zero-order valence-electron chi connectivity index (χ0n) is 14.7. The molecule has 1 heterocycles.